The molecule has 0 spiro atoms. The average Bonchev–Trinajstić information content (AvgIpc) is 2.95. The zero-order valence-corrected chi connectivity index (χ0v) is 24.1. The van der Waals surface area contributed by atoms with Crippen LogP contribution in [0.2, 0.25) is 5.02 Å². The fraction of sp³-hybridized carbons (Fsp3) is 0.323. The number of para-hydroxylation sites is 1. The Balaban J connectivity index is 1.44. The van der Waals surface area contributed by atoms with Crippen molar-refractivity contribution in [3.63, 3.8) is 0 Å². The molecule has 0 saturated heterocycles. The van der Waals surface area contributed by atoms with E-state index in [1.165, 1.54) is 19.3 Å². The Kier molecular flexibility index (Phi) is 9.42. The number of methoxy groups -OCH3 is 1. The average molecular weight is 637 g/mol. The number of aliphatic hydroxyl groups is 1. The molecular formula is C31H28ClF3O9. The number of carbonyl (C=O) groups is 1. The first-order chi connectivity index (χ1) is 21.0. The van der Waals surface area contributed by atoms with Crippen LogP contribution in [0.25, 0.3) is 5.76 Å². The molecule has 0 bridgehead atoms. The van der Waals surface area contributed by atoms with E-state index in [0.29, 0.717) is 29.7 Å². The number of rotatable bonds is 12. The lowest BCUT2D eigenvalue weighted by atomic mass is 9.82. The van der Waals surface area contributed by atoms with Crippen LogP contribution < -0.4 is 23.7 Å². The van der Waals surface area contributed by atoms with Crippen molar-refractivity contribution in [3.8, 4) is 28.7 Å². The number of carboxylic acid groups (broad SMARTS) is 1. The summed E-state index contributed by atoms with van der Waals surface area (Å²) in [5.41, 5.74) is 1.06. The van der Waals surface area contributed by atoms with E-state index < -0.39 is 30.1 Å². The van der Waals surface area contributed by atoms with Gasteiger partial charge in [0.25, 0.3) is 0 Å². The smallest absolute Gasteiger partial charge is 0.497 e. The van der Waals surface area contributed by atoms with E-state index in [-0.39, 0.29) is 59.5 Å². The van der Waals surface area contributed by atoms with Crippen molar-refractivity contribution in [1.82, 2.24) is 0 Å². The van der Waals surface area contributed by atoms with E-state index in [2.05, 4.69) is 4.74 Å². The number of alkyl halides is 3. The van der Waals surface area contributed by atoms with E-state index in [9.17, 15) is 23.1 Å². The Morgan fingerprint density at radius 2 is 1.77 bits per heavy atom. The van der Waals surface area contributed by atoms with Gasteiger partial charge in [-0.1, -0.05) is 35.9 Å². The Morgan fingerprint density at radius 1 is 1.02 bits per heavy atom. The first-order valence-electron chi connectivity index (χ1n) is 13.5. The number of ether oxygens (including phenoxy) is 6. The van der Waals surface area contributed by atoms with Crippen molar-refractivity contribution in [2.24, 2.45) is 5.92 Å². The molecule has 13 heteroatoms. The highest BCUT2D eigenvalue weighted by Crippen LogP contribution is 2.46. The summed E-state index contributed by atoms with van der Waals surface area (Å²) < 4.78 is 73.3. The van der Waals surface area contributed by atoms with Crippen molar-refractivity contribution in [1.29, 1.82) is 0 Å². The van der Waals surface area contributed by atoms with E-state index in [1.54, 1.807) is 42.5 Å². The third-order valence-corrected chi connectivity index (χ3v) is 7.36. The van der Waals surface area contributed by atoms with Gasteiger partial charge in [-0.2, -0.15) is 0 Å². The van der Waals surface area contributed by atoms with Gasteiger partial charge in [0.2, 0.25) is 0 Å². The number of hydrogen-bond acceptors (Lipinski definition) is 8. The van der Waals surface area contributed by atoms with Gasteiger partial charge >= 0.3 is 12.3 Å². The van der Waals surface area contributed by atoms with Crippen LogP contribution >= 0.6 is 11.6 Å². The van der Waals surface area contributed by atoms with E-state index in [4.69, 9.17) is 40.4 Å². The second-order valence-corrected chi connectivity index (χ2v) is 10.5. The molecule has 1 heterocycles. The number of benzene rings is 3. The van der Waals surface area contributed by atoms with Crippen molar-refractivity contribution in [2.75, 3.05) is 20.3 Å². The Labute approximate surface area is 255 Å². The predicted octanol–water partition coefficient (Wildman–Crippen LogP) is 6.55. The van der Waals surface area contributed by atoms with Crippen LogP contribution in [0.3, 0.4) is 0 Å². The van der Waals surface area contributed by atoms with Gasteiger partial charge in [0, 0.05) is 11.6 Å². The van der Waals surface area contributed by atoms with Crippen LogP contribution in [-0.2, 0) is 16.1 Å². The van der Waals surface area contributed by atoms with E-state index in [1.807, 2.05) is 0 Å². The lowest BCUT2D eigenvalue weighted by Gasteiger charge is -2.32. The maximum Gasteiger partial charge on any atom is 0.573 e. The topological polar surface area (TPSA) is 113 Å². The largest absolute Gasteiger partial charge is 0.573 e. The molecule has 3 aromatic rings. The van der Waals surface area contributed by atoms with Crippen LogP contribution in [0.5, 0.6) is 28.7 Å². The molecule has 2 aliphatic rings. The molecule has 0 amide bonds. The van der Waals surface area contributed by atoms with Gasteiger partial charge in [-0.15, -0.1) is 13.2 Å². The highest BCUT2D eigenvalue weighted by molar-refractivity contribution is 6.32. The van der Waals surface area contributed by atoms with E-state index in [0.717, 1.165) is 6.07 Å². The summed E-state index contributed by atoms with van der Waals surface area (Å²) in [7, 11) is 1.51. The van der Waals surface area contributed by atoms with Crippen LogP contribution in [0.4, 0.5) is 13.2 Å². The summed E-state index contributed by atoms with van der Waals surface area (Å²) in [6.07, 6.45) is -4.39. The maximum atomic E-state index is 13.5. The molecule has 0 aromatic heterocycles. The van der Waals surface area contributed by atoms with Crippen LogP contribution in [0.1, 0.15) is 35.6 Å². The van der Waals surface area contributed by atoms with Gasteiger partial charge in [0.15, 0.2) is 17.2 Å². The van der Waals surface area contributed by atoms with Crippen molar-refractivity contribution < 1.29 is 56.6 Å². The molecule has 1 atom stereocenters. The van der Waals surface area contributed by atoms with Gasteiger partial charge in [-0.05, 0) is 48.7 Å². The number of halogens is 4. The van der Waals surface area contributed by atoms with Crippen LogP contribution in [0.15, 0.2) is 60.7 Å². The zero-order valence-electron chi connectivity index (χ0n) is 23.3. The highest BCUT2D eigenvalue weighted by Gasteiger charge is 2.36. The summed E-state index contributed by atoms with van der Waals surface area (Å²) in [5, 5.41) is 20.0. The number of carboxylic acids is 1. The molecule has 0 radical (unpaired) electrons. The monoisotopic (exact) mass is 636 g/mol. The standard InChI is InChI=1S/C31H28ClF3O9/c1-39-19-7-5-17(6-8-19)16-42-27-15-25(41-10-9-40-20-11-18(12-20)30(37)38)22(13-28(27)44-31(33,34)35)26-14-24(36)21-3-2-4-23(32)29(21)43-26/h2-8,13-15,18,20,24,36H,9-12,16H2,1H3,(H,37,38). The number of aliphatic carboxylic acids is 1. The van der Waals surface area contributed by atoms with Gasteiger partial charge in [-0.3, -0.25) is 4.79 Å². The molecule has 1 aliphatic heterocycles. The molecule has 44 heavy (non-hydrogen) atoms. The summed E-state index contributed by atoms with van der Waals surface area (Å²) in [6, 6.07) is 13.9. The quantitative estimate of drug-likeness (QED) is 0.214. The van der Waals surface area contributed by atoms with Gasteiger partial charge in [0.05, 0.1) is 36.3 Å². The second kappa shape index (κ2) is 13.2. The normalized spacial score (nSPS) is 19.1. The molecule has 1 unspecified atom stereocenters. The van der Waals surface area contributed by atoms with Gasteiger partial charge in [-0.25, -0.2) is 0 Å². The molecule has 5 rings (SSSR count). The van der Waals surface area contributed by atoms with Crippen molar-refractivity contribution in [3.05, 3.63) is 82.4 Å². The third-order valence-electron chi connectivity index (χ3n) is 7.07. The first-order valence-corrected chi connectivity index (χ1v) is 13.9. The van der Waals surface area contributed by atoms with Gasteiger partial charge in [0.1, 0.15) is 36.6 Å². The highest BCUT2D eigenvalue weighted by atomic mass is 35.5. The number of hydrogen-bond donors (Lipinski definition) is 2. The summed E-state index contributed by atoms with van der Waals surface area (Å²) in [4.78, 5) is 11.0. The minimum atomic E-state index is -5.06. The Hall–Kier alpha value is -4.13. The molecule has 1 fully saturated rings. The van der Waals surface area contributed by atoms with E-state index >= 15 is 0 Å². The predicted molar refractivity (Wildman–Crippen MR) is 151 cm³/mol. The molecule has 2 N–H and O–H groups in total. The fourth-order valence-corrected chi connectivity index (χ4v) is 4.93. The van der Waals surface area contributed by atoms with Crippen molar-refractivity contribution in [2.45, 2.75) is 38.0 Å². The summed E-state index contributed by atoms with van der Waals surface area (Å²) in [5.74, 6) is -1.48. The molecule has 1 saturated carbocycles. The second-order valence-electron chi connectivity index (χ2n) is 10.1. The van der Waals surface area contributed by atoms with Crippen LogP contribution in [-0.4, -0.2) is 49.0 Å². The first kappa shape index (κ1) is 31.3. The van der Waals surface area contributed by atoms with Crippen molar-refractivity contribution >= 4 is 23.3 Å². The Morgan fingerprint density at radius 3 is 2.45 bits per heavy atom. The number of fused-ring (bicyclic) bond motifs is 1. The molecule has 234 valence electrons. The molecule has 1 aliphatic carbocycles. The minimum Gasteiger partial charge on any atom is -0.497 e. The summed E-state index contributed by atoms with van der Waals surface area (Å²) >= 11 is 6.29. The molecule has 3 aromatic carbocycles. The molecule has 9 nitrogen and oxygen atoms in total. The molecular weight excluding hydrogens is 609 g/mol. The lowest BCUT2D eigenvalue weighted by molar-refractivity contribution is -0.275. The van der Waals surface area contributed by atoms with Crippen LogP contribution in [0, 0.1) is 5.92 Å². The zero-order chi connectivity index (χ0) is 31.4. The van der Waals surface area contributed by atoms with Gasteiger partial charge < -0.3 is 38.6 Å². The Bertz CT molecular complexity index is 1520. The number of aliphatic hydroxyl groups excluding tert-OH is 1. The maximum absolute atomic E-state index is 13.5. The minimum absolute atomic E-state index is 0.0222. The fourth-order valence-electron chi connectivity index (χ4n) is 4.71. The SMILES string of the molecule is COc1ccc(COc2cc(OCCOC3CC(C(=O)O)C3)c(C3=CC(O)c4cccc(Cl)c4O3)cc2OC(F)(F)F)cc1. The lowest BCUT2D eigenvalue weighted by Crippen LogP contribution is -2.37. The third kappa shape index (κ3) is 7.50. The summed E-state index contributed by atoms with van der Waals surface area (Å²) in [6.45, 7) is -0.0598.